The Labute approximate surface area is 137 Å². The van der Waals surface area contributed by atoms with Gasteiger partial charge in [0.25, 0.3) is 0 Å². The smallest absolute Gasteiger partial charge is 0.239 e. The lowest BCUT2D eigenvalue weighted by molar-refractivity contribution is 0.122. The maximum absolute atomic E-state index is 5.54. The van der Waals surface area contributed by atoms with E-state index in [-0.39, 0.29) is 0 Å². The fraction of sp³-hybridized carbons (Fsp3) is 0.250. The van der Waals surface area contributed by atoms with E-state index in [0.29, 0.717) is 19.2 Å². The van der Waals surface area contributed by atoms with Gasteiger partial charge >= 0.3 is 0 Å². The van der Waals surface area contributed by atoms with Crippen molar-refractivity contribution in [3.05, 3.63) is 36.4 Å². The molecule has 0 amide bonds. The molecule has 1 fully saturated rings. The number of nitrogens with two attached hydrogens (primary N) is 1. The summed E-state index contributed by atoms with van der Waals surface area (Å²) in [6, 6.07) is 12.4. The quantitative estimate of drug-likeness (QED) is 0.568. The van der Waals surface area contributed by atoms with E-state index < -0.39 is 0 Å². The van der Waals surface area contributed by atoms with Gasteiger partial charge in [-0.1, -0.05) is 30.3 Å². The number of hydrogen-bond acceptors (Lipinski definition) is 7. The van der Waals surface area contributed by atoms with Crippen LogP contribution in [-0.2, 0) is 4.74 Å². The second-order valence-corrected chi connectivity index (χ2v) is 6.36. The summed E-state index contributed by atoms with van der Waals surface area (Å²) < 4.78 is 6.53. The van der Waals surface area contributed by atoms with Gasteiger partial charge in [-0.3, -0.25) is 5.43 Å². The number of nitrogens with zero attached hydrogens (tertiary/aromatic N) is 3. The fourth-order valence-corrected chi connectivity index (χ4v) is 3.83. The van der Waals surface area contributed by atoms with Crippen LogP contribution in [0.3, 0.4) is 0 Å². The highest BCUT2D eigenvalue weighted by Crippen LogP contribution is 2.37. The molecule has 1 aliphatic heterocycles. The van der Waals surface area contributed by atoms with Crippen LogP contribution in [0.1, 0.15) is 0 Å². The third kappa shape index (κ3) is 2.74. The number of benzene rings is 1. The molecule has 0 radical (unpaired) electrons. The number of thiophene rings is 1. The summed E-state index contributed by atoms with van der Waals surface area (Å²) in [6.07, 6.45) is 0. The van der Waals surface area contributed by atoms with Gasteiger partial charge in [-0.05, 0) is 11.6 Å². The van der Waals surface area contributed by atoms with Crippen molar-refractivity contribution >= 4 is 33.3 Å². The summed E-state index contributed by atoms with van der Waals surface area (Å²) in [5.74, 6) is 6.91. The molecule has 7 heteroatoms. The molecule has 0 aliphatic carbocycles. The number of hydrazine groups is 1. The number of morpholine rings is 1. The first kappa shape index (κ1) is 14.4. The zero-order valence-corrected chi connectivity index (χ0v) is 13.3. The lowest BCUT2D eigenvalue weighted by Gasteiger charge is -2.28. The maximum atomic E-state index is 5.54. The number of ether oxygens (including phenoxy) is 1. The van der Waals surface area contributed by atoms with Gasteiger partial charge in [0.05, 0.1) is 23.4 Å². The van der Waals surface area contributed by atoms with E-state index in [1.54, 1.807) is 11.3 Å². The van der Waals surface area contributed by atoms with Gasteiger partial charge in [-0.2, -0.15) is 4.98 Å². The van der Waals surface area contributed by atoms with Gasteiger partial charge in [-0.25, -0.2) is 10.8 Å². The molecule has 118 valence electrons. The minimum absolute atomic E-state index is 0.441. The van der Waals surface area contributed by atoms with Crippen LogP contribution < -0.4 is 16.2 Å². The van der Waals surface area contributed by atoms with E-state index in [1.165, 1.54) is 10.4 Å². The van der Waals surface area contributed by atoms with Crippen LogP contribution in [0.25, 0.3) is 20.7 Å². The van der Waals surface area contributed by atoms with Crippen LogP contribution >= 0.6 is 11.3 Å². The average Bonchev–Trinajstić information content (AvgIpc) is 3.06. The molecular weight excluding hydrogens is 310 g/mol. The van der Waals surface area contributed by atoms with E-state index in [9.17, 15) is 0 Å². The monoisotopic (exact) mass is 327 g/mol. The number of rotatable bonds is 3. The van der Waals surface area contributed by atoms with E-state index >= 15 is 0 Å². The van der Waals surface area contributed by atoms with E-state index in [4.69, 9.17) is 10.6 Å². The average molecular weight is 327 g/mol. The minimum atomic E-state index is 0.441. The second kappa shape index (κ2) is 6.11. The first-order valence-electron chi connectivity index (χ1n) is 7.51. The lowest BCUT2D eigenvalue weighted by Crippen LogP contribution is -2.37. The van der Waals surface area contributed by atoms with E-state index in [0.717, 1.165) is 29.1 Å². The van der Waals surface area contributed by atoms with Gasteiger partial charge in [-0.15, -0.1) is 11.3 Å². The van der Waals surface area contributed by atoms with Crippen molar-refractivity contribution in [2.45, 2.75) is 0 Å². The summed E-state index contributed by atoms with van der Waals surface area (Å²) in [5.41, 5.74) is 4.67. The number of hydrogen-bond donors (Lipinski definition) is 2. The van der Waals surface area contributed by atoms with Crippen molar-refractivity contribution in [1.29, 1.82) is 0 Å². The molecule has 6 nitrogen and oxygen atoms in total. The Balaban J connectivity index is 1.85. The molecule has 2 aromatic heterocycles. The highest BCUT2D eigenvalue weighted by Gasteiger charge is 2.19. The maximum Gasteiger partial charge on any atom is 0.239 e. The molecule has 3 aromatic rings. The summed E-state index contributed by atoms with van der Waals surface area (Å²) in [4.78, 5) is 12.5. The van der Waals surface area contributed by atoms with Crippen molar-refractivity contribution in [2.75, 3.05) is 36.6 Å². The SMILES string of the molecule is NNc1nc(N2CCOCC2)c2sc(-c3ccccc3)cc2n1. The summed E-state index contributed by atoms with van der Waals surface area (Å²) >= 11 is 1.71. The Hall–Kier alpha value is -2.22. The Kier molecular flexibility index (Phi) is 3.82. The summed E-state index contributed by atoms with van der Waals surface area (Å²) in [7, 11) is 0. The molecule has 0 atom stereocenters. The highest BCUT2D eigenvalue weighted by molar-refractivity contribution is 7.22. The zero-order valence-electron chi connectivity index (χ0n) is 12.5. The predicted octanol–water partition coefficient (Wildman–Crippen LogP) is 2.48. The van der Waals surface area contributed by atoms with Crippen LogP contribution in [0.15, 0.2) is 36.4 Å². The third-order valence-electron chi connectivity index (χ3n) is 3.85. The number of anilines is 2. The molecule has 1 aliphatic rings. The number of fused-ring (bicyclic) bond motifs is 1. The molecule has 0 bridgehead atoms. The summed E-state index contributed by atoms with van der Waals surface area (Å²) in [5, 5.41) is 0. The minimum Gasteiger partial charge on any atom is -0.378 e. The molecule has 4 rings (SSSR count). The van der Waals surface area contributed by atoms with Crippen LogP contribution in [0.4, 0.5) is 11.8 Å². The Morgan fingerprint density at radius 1 is 1.13 bits per heavy atom. The first-order valence-corrected chi connectivity index (χ1v) is 8.33. The number of nitrogen functional groups attached to an aromatic ring is 1. The first-order chi connectivity index (χ1) is 11.3. The molecule has 0 unspecified atom stereocenters. The standard InChI is InChI=1S/C16H17N5OS/c17-20-16-18-12-10-13(11-4-2-1-3-5-11)23-14(12)15(19-16)21-6-8-22-9-7-21/h1-5,10H,6-9,17H2,(H,18,19,20). The van der Waals surface area contributed by atoms with Gasteiger partial charge < -0.3 is 9.64 Å². The molecule has 23 heavy (non-hydrogen) atoms. The van der Waals surface area contributed by atoms with Crippen LogP contribution in [0.2, 0.25) is 0 Å². The predicted molar refractivity (Wildman–Crippen MR) is 93.7 cm³/mol. The molecule has 3 N–H and O–H groups in total. The van der Waals surface area contributed by atoms with Gasteiger partial charge in [0.15, 0.2) is 5.82 Å². The normalized spacial score (nSPS) is 15.1. The molecule has 1 saturated heterocycles. The fourth-order valence-electron chi connectivity index (χ4n) is 2.71. The van der Waals surface area contributed by atoms with Gasteiger partial charge in [0.2, 0.25) is 5.95 Å². The summed E-state index contributed by atoms with van der Waals surface area (Å²) in [6.45, 7) is 3.09. The van der Waals surface area contributed by atoms with Crippen molar-refractivity contribution < 1.29 is 4.74 Å². The zero-order chi connectivity index (χ0) is 15.6. The highest BCUT2D eigenvalue weighted by atomic mass is 32.1. The van der Waals surface area contributed by atoms with Gasteiger partial charge in [0.1, 0.15) is 0 Å². The van der Waals surface area contributed by atoms with Crippen molar-refractivity contribution in [1.82, 2.24) is 9.97 Å². The lowest BCUT2D eigenvalue weighted by atomic mass is 10.2. The van der Waals surface area contributed by atoms with Crippen molar-refractivity contribution in [2.24, 2.45) is 5.84 Å². The van der Waals surface area contributed by atoms with E-state index in [2.05, 4.69) is 38.5 Å². The Morgan fingerprint density at radius 3 is 2.65 bits per heavy atom. The van der Waals surface area contributed by atoms with E-state index in [1.807, 2.05) is 18.2 Å². The topological polar surface area (TPSA) is 76.3 Å². The third-order valence-corrected chi connectivity index (χ3v) is 5.02. The second-order valence-electron chi connectivity index (χ2n) is 5.31. The molecular formula is C16H17N5OS. The van der Waals surface area contributed by atoms with Crippen molar-refractivity contribution in [3.8, 4) is 10.4 Å². The van der Waals surface area contributed by atoms with Crippen LogP contribution in [-0.4, -0.2) is 36.3 Å². The molecule has 0 saturated carbocycles. The largest absolute Gasteiger partial charge is 0.378 e. The molecule has 0 spiro atoms. The Morgan fingerprint density at radius 2 is 1.91 bits per heavy atom. The van der Waals surface area contributed by atoms with Crippen molar-refractivity contribution in [3.63, 3.8) is 0 Å². The Bertz CT molecular complexity index is 814. The van der Waals surface area contributed by atoms with Gasteiger partial charge in [0, 0.05) is 18.0 Å². The van der Waals surface area contributed by atoms with Crippen LogP contribution in [0.5, 0.6) is 0 Å². The molecule has 3 heterocycles. The number of aromatic nitrogens is 2. The van der Waals surface area contributed by atoms with Crippen LogP contribution in [0, 0.1) is 0 Å². The number of nitrogens with one attached hydrogen (secondary N) is 1. The molecule has 1 aromatic carbocycles.